The summed E-state index contributed by atoms with van der Waals surface area (Å²) in [7, 11) is 1.50. The Kier molecular flexibility index (Phi) is 8.09. The fraction of sp³-hybridized carbons (Fsp3) is 0.423. The average molecular weight is 453 g/mol. The van der Waals surface area contributed by atoms with Gasteiger partial charge in [0.15, 0.2) is 0 Å². The van der Waals surface area contributed by atoms with E-state index in [1.807, 2.05) is 31.2 Å². The number of likely N-dealkylation sites (N-methyl/N-ethyl adjacent to an activating group) is 1. The fourth-order valence-electron chi connectivity index (χ4n) is 4.14. The van der Waals surface area contributed by atoms with E-state index < -0.39 is 18.1 Å². The van der Waals surface area contributed by atoms with Crippen LogP contribution in [0.1, 0.15) is 50.2 Å². The third-order valence-corrected chi connectivity index (χ3v) is 6.43. The van der Waals surface area contributed by atoms with Gasteiger partial charge in [-0.2, -0.15) is 0 Å². The molecule has 0 fully saturated rings. The van der Waals surface area contributed by atoms with Gasteiger partial charge >= 0.3 is 12.1 Å². The first-order valence-electron chi connectivity index (χ1n) is 11.4. The van der Waals surface area contributed by atoms with Crippen LogP contribution in [0.5, 0.6) is 0 Å². The highest BCUT2D eigenvalue weighted by atomic mass is 16.5. The Morgan fingerprint density at radius 1 is 1.00 bits per heavy atom. The summed E-state index contributed by atoms with van der Waals surface area (Å²) < 4.78 is 5.53. The lowest BCUT2D eigenvalue weighted by Crippen LogP contribution is -2.40. The van der Waals surface area contributed by atoms with Gasteiger partial charge in [0.1, 0.15) is 12.6 Å². The maximum atomic E-state index is 12.2. The minimum atomic E-state index is -1.02. The van der Waals surface area contributed by atoms with Crippen LogP contribution in [-0.2, 0) is 14.3 Å². The summed E-state index contributed by atoms with van der Waals surface area (Å²) in [6.45, 7) is 4.22. The standard InChI is InChI=1S/C26H32N2O5/c1-17(12-13-24(29)28(3)18(2)25(30)31)14-15-27-26(32)33-16-23-21-10-6-4-8-19(21)20-9-5-7-11-22(20)23/h4-11,17-18,23H,12-16H2,1-3H3,(H,27,32)(H,30,31). The highest BCUT2D eigenvalue weighted by Crippen LogP contribution is 2.44. The number of nitrogens with one attached hydrogen (secondary N) is 1. The molecule has 2 unspecified atom stereocenters. The second-order valence-electron chi connectivity index (χ2n) is 8.70. The molecule has 0 aromatic heterocycles. The number of rotatable bonds is 10. The van der Waals surface area contributed by atoms with Crippen molar-refractivity contribution in [2.75, 3.05) is 20.2 Å². The molecule has 0 radical (unpaired) electrons. The van der Waals surface area contributed by atoms with Crippen LogP contribution in [0.2, 0.25) is 0 Å². The maximum absolute atomic E-state index is 12.2. The Labute approximate surface area is 194 Å². The monoisotopic (exact) mass is 452 g/mol. The summed E-state index contributed by atoms with van der Waals surface area (Å²) in [5.41, 5.74) is 4.72. The molecule has 2 aromatic carbocycles. The first-order valence-corrected chi connectivity index (χ1v) is 11.4. The molecule has 0 spiro atoms. The highest BCUT2D eigenvalue weighted by molar-refractivity contribution is 5.83. The number of hydrogen-bond acceptors (Lipinski definition) is 4. The van der Waals surface area contributed by atoms with Crippen molar-refractivity contribution >= 4 is 18.0 Å². The Bertz CT molecular complexity index is 960. The molecule has 176 valence electrons. The van der Waals surface area contributed by atoms with E-state index in [1.165, 1.54) is 41.1 Å². The zero-order chi connectivity index (χ0) is 24.0. The van der Waals surface area contributed by atoms with E-state index in [-0.39, 0.29) is 30.8 Å². The second kappa shape index (κ2) is 11.0. The molecule has 0 aliphatic heterocycles. The Morgan fingerprint density at radius 2 is 1.58 bits per heavy atom. The molecule has 2 aromatic rings. The maximum Gasteiger partial charge on any atom is 0.407 e. The van der Waals surface area contributed by atoms with Crippen LogP contribution in [0.15, 0.2) is 48.5 Å². The van der Waals surface area contributed by atoms with E-state index in [1.54, 1.807) is 0 Å². The minimum Gasteiger partial charge on any atom is -0.480 e. The molecule has 33 heavy (non-hydrogen) atoms. The van der Waals surface area contributed by atoms with Crippen LogP contribution in [0.25, 0.3) is 11.1 Å². The normalized spacial score (nSPS) is 14.0. The number of nitrogens with zero attached hydrogens (tertiary/aromatic N) is 1. The van der Waals surface area contributed by atoms with Gasteiger partial charge in [0.05, 0.1) is 0 Å². The number of ether oxygens (including phenoxy) is 1. The third kappa shape index (κ3) is 5.92. The van der Waals surface area contributed by atoms with Crippen molar-refractivity contribution in [1.29, 1.82) is 0 Å². The number of carboxylic acid groups (broad SMARTS) is 1. The van der Waals surface area contributed by atoms with E-state index in [4.69, 9.17) is 9.84 Å². The van der Waals surface area contributed by atoms with Gasteiger partial charge in [0, 0.05) is 25.9 Å². The predicted molar refractivity (Wildman–Crippen MR) is 126 cm³/mol. The van der Waals surface area contributed by atoms with E-state index >= 15 is 0 Å². The number of carbonyl (C=O) groups excluding carboxylic acids is 2. The lowest BCUT2D eigenvalue weighted by Gasteiger charge is -2.22. The largest absolute Gasteiger partial charge is 0.480 e. The molecular formula is C26H32N2O5. The molecule has 0 bridgehead atoms. The number of carboxylic acids is 1. The molecule has 2 atom stereocenters. The average Bonchev–Trinajstić information content (AvgIpc) is 3.13. The number of fused-ring (bicyclic) bond motifs is 3. The summed E-state index contributed by atoms with van der Waals surface area (Å²) in [6.07, 6.45) is 1.16. The van der Waals surface area contributed by atoms with Crippen LogP contribution in [0.4, 0.5) is 4.79 Å². The second-order valence-corrected chi connectivity index (χ2v) is 8.70. The summed E-state index contributed by atoms with van der Waals surface area (Å²) in [4.78, 5) is 36.6. The number of carbonyl (C=O) groups is 3. The summed E-state index contributed by atoms with van der Waals surface area (Å²) in [6, 6.07) is 15.6. The molecule has 1 aliphatic rings. The van der Waals surface area contributed by atoms with Gasteiger partial charge in [0.2, 0.25) is 5.91 Å². The predicted octanol–water partition coefficient (Wildman–Crippen LogP) is 4.26. The molecule has 0 heterocycles. The van der Waals surface area contributed by atoms with Crippen molar-refractivity contribution in [2.45, 2.75) is 45.1 Å². The Hall–Kier alpha value is -3.35. The van der Waals surface area contributed by atoms with Gasteiger partial charge in [-0.05, 0) is 47.9 Å². The lowest BCUT2D eigenvalue weighted by atomic mass is 9.98. The summed E-state index contributed by atoms with van der Waals surface area (Å²) >= 11 is 0. The molecule has 0 saturated heterocycles. The van der Waals surface area contributed by atoms with Gasteiger partial charge in [0.25, 0.3) is 0 Å². The smallest absolute Gasteiger partial charge is 0.407 e. The number of amides is 2. The van der Waals surface area contributed by atoms with Crippen molar-refractivity contribution in [3.05, 3.63) is 59.7 Å². The number of benzene rings is 2. The minimum absolute atomic E-state index is 0.0262. The van der Waals surface area contributed by atoms with Crippen molar-refractivity contribution in [3.8, 4) is 11.1 Å². The van der Waals surface area contributed by atoms with Crippen LogP contribution in [0, 0.1) is 5.92 Å². The number of hydrogen-bond donors (Lipinski definition) is 2. The van der Waals surface area contributed by atoms with E-state index in [0.717, 1.165) is 0 Å². The molecule has 2 amide bonds. The topological polar surface area (TPSA) is 95.9 Å². The number of alkyl carbamates (subject to hydrolysis) is 1. The molecular weight excluding hydrogens is 420 g/mol. The van der Waals surface area contributed by atoms with Crippen LogP contribution in [0.3, 0.4) is 0 Å². The Morgan fingerprint density at radius 3 is 2.15 bits per heavy atom. The van der Waals surface area contributed by atoms with Crippen molar-refractivity contribution in [3.63, 3.8) is 0 Å². The molecule has 3 rings (SSSR count). The van der Waals surface area contributed by atoms with Gasteiger partial charge in [-0.15, -0.1) is 0 Å². The molecule has 7 heteroatoms. The molecule has 2 N–H and O–H groups in total. The van der Waals surface area contributed by atoms with Gasteiger partial charge in [-0.3, -0.25) is 4.79 Å². The van der Waals surface area contributed by atoms with Crippen molar-refractivity contribution < 1.29 is 24.2 Å². The number of aliphatic carboxylic acids is 1. The van der Waals surface area contributed by atoms with E-state index in [2.05, 4.69) is 29.6 Å². The van der Waals surface area contributed by atoms with Crippen molar-refractivity contribution in [1.82, 2.24) is 10.2 Å². The molecule has 0 saturated carbocycles. The van der Waals surface area contributed by atoms with Gasteiger partial charge in [-0.1, -0.05) is 55.5 Å². The molecule has 7 nitrogen and oxygen atoms in total. The summed E-state index contributed by atoms with van der Waals surface area (Å²) in [5.74, 6) is -0.984. The quantitative estimate of drug-likeness (QED) is 0.561. The first-order chi connectivity index (χ1) is 15.8. The fourth-order valence-corrected chi connectivity index (χ4v) is 4.14. The highest BCUT2D eigenvalue weighted by Gasteiger charge is 2.29. The first kappa shape index (κ1) is 24.3. The van der Waals surface area contributed by atoms with Gasteiger partial charge in [-0.25, -0.2) is 9.59 Å². The zero-order valence-electron chi connectivity index (χ0n) is 19.4. The third-order valence-electron chi connectivity index (χ3n) is 6.43. The lowest BCUT2D eigenvalue weighted by molar-refractivity contribution is -0.148. The van der Waals surface area contributed by atoms with Crippen LogP contribution < -0.4 is 5.32 Å². The molecule has 1 aliphatic carbocycles. The Balaban J connectivity index is 1.40. The summed E-state index contributed by atoms with van der Waals surface area (Å²) in [5, 5.41) is 11.8. The zero-order valence-corrected chi connectivity index (χ0v) is 19.4. The SMILES string of the molecule is CC(CCNC(=O)OCC1c2ccccc2-c2ccccc21)CCC(=O)N(C)C(C)C(=O)O. The van der Waals surface area contributed by atoms with Crippen LogP contribution in [-0.4, -0.2) is 54.2 Å². The van der Waals surface area contributed by atoms with Crippen molar-refractivity contribution in [2.24, 2.45) is 5.92 Å². The van der Waals surface area contributed by atoms with Gasteiger partial charge < -0.3 is 20.1 Å². The van der Waals surface area contributed by atoms with E-state index in [9.17, 15) is 14.4 Å². The van der Waals surface area contributed by atoms with Crippen LogP contribution >= 0.6 is 0 Å². The van der Waals surface area contributed by atoms with E-state index in [0.29, 0.717) is 19.4 Å².